The minimum absolute atomic E-state index is 0.0188. The van der Waals surface area contributed by atoms with Crippen LogP contribution in [0.4, 0.5) is 10.5 Å². The Bertz CT molecular complexity index is 1130. The summed E-state index contributed by atoms with van der Waals surface area (Å²) < 4.78 is 23.6. The number of methoxy groups -OCH3 is 1. The molecular weight excluding hydrogens is 468 g/mol. The van der Waals surface area contributed by atoms with Crippen LogP contribution in [-0.2, 0) is 16.1 Å². The van der Waals surface area contributed by atoms with Crippen LogP contribution in [0.25, 0.3) is 5.69 Å². The van der Waals surface area contributed by atoms with Crippen LogP contribution < -0.4 is 19.1 Å². The number of hydrogen-bond donors (Lipinski definition) is 2. The van der Waals surface area contributed by atoms with Crippen molar-refractivity contribution in [2.45, 2.75) is 19.6 Å². The maximum Gasteiger partial charge on any atom is 0.418 e. The number of nitrogens with zero attached hydrogens (tertiary/aromatic N) is 2. The number of aromatic nitrogens is 1. The van der Waals surface area contributed by atoms with Crippen molar-refractivity contribution >= 4 is 29.9 Å². The summed E-state index contributed by atoms with van der Waals surface area (Å²) in [5.41, 5.74) is 3.12. The van der Waals surface area contributed by atoms with Crippen molar-refractivity contribution in [1.29, 1.82) is 0 Å². The number of para-hydroxylation sites is 1. The minimum Gasteiger partial charge on any atom is -0.487 e. The van der Waals surface area contributed by atoms with Crippen LogP contribution in [0, 0.1) is 0 Å². The quantitative estimate of drug-likeness (QED) is 0.248. The molecule has 2 heterocycles. The Kier molecular flexibility index (Phi) is 8.17. The summed E-state index contributed by atoms with van der Waals surface area (Å²) in [5.74, 6) is 0.376. The van der Waals surface area contributed by atoms with Crippen molar-refractivity contribution in [2.75, 3.05) is 31.6 Å². The fraction of sp³-hybridized carbons (Fsp3) is 0.280. The summed E-state index contributed by atoms with van der Waals surface area (Å²) in [7, 11) is 1.39. The topological polar surface area (TPSA) is 94.1 Å². The highest BCUT2D eigenvalue weighted by atomic mass is 32.2. The first-order valence-corrected chi connectivity index (χ1v) is 12.1. The highest BCUT2D eigenvalue weighted by Gasteiger charge is 2.32. The van der Waals surface area contributed by atoms with Gasteiger partial charge in [-0.15, -0.1) is 0 Å². The third kappa shape index (κ3) is 6.09. The van der Waals surface area contributed by atoms with E-state index < -0.39 is 6.09 Å². The standard InChI is InChI=1S/C25H28N4O5S/c1-3-26-35-27-25(31)33-17-18-9-11-19(12-10-18)34-20-15-29(16-20)22-8-6-7-21(24(30)32-2)23(22)28-13-4-5-14-28/h4-14,20,26H,3,15-17H2,1-2H3,(H,27,31). The summed E-state index contributed by atoms with van der Waals surface area (Å²) in [6.07, 6.45) is 3.34. The van der Waals surface area contributed by atoms with Gasteiger partial charge in [-0.3, -0.25) is 4.72 Å². The Balaban J connectivity index is 1.33. The lowest BCUT2D eigenvalue weighted by Crippen LogP contribution is -2.54. The van der Waals surface area contributed by atoms with Gasteiger partial charge in [0.1, 0.15) is 18.5 Å². The molecule has 1 fully saturated rings. The predicted molar refractivity (Wildman–Crippen MR) is 135 cm³/mol. The van der Waals surface area contributed by atoms with Gasteiger partial charge in [-0.05, 0) is 42.0 Å². The first-order valence-electron chi connectivity index (χ1n) is 11.3. The summed E-state index contributed by atoms with van der Waals surface area (Å²) in [5, 5.41) is 0. The smallest absolute Gasteiger partial charge is 0.418 e. The van der Waals surface area contributed by atoms with Crippen LogP contribution in [0.1, 0.15) is 22.8 Å². The molecule has 184 valence electrons. The molecule has 35 heavy (non-hydrogen) atoms. The molecule has 1 aliphatic rings. The molecule has 1 saturated heterocycles. The van der Waals surface area contributed by atoms with E-state index in [0.29, 0.717) is 18.7 Å². The van der Waals surface area contributed by atoms with Crippen molar-refractivity contribution in [3.63, 3.8) is 0 Å². The number of carbonyl (C=O) groups is 2. The molecule has 0 radical (unpaired) electrons. The third-order valence-electron chi connectivity index (χ3n) is 5.42. The maximum absolute atomic E-state index is 12.4. The van der Waals surface area contributed by atoms with E-state index in [4.69, 9.17) is 14.2 Å². The molecule has 0 unspecified atom stereocenters. The van der Waals surface area contributed by atoms with E-state index in [1.54, 1.807) is 6.07 Å². The number of esters is 1. The highest BCUT2D eigenvalue weighted by molar-refractivity contribution is 7.96. The van der Waals surface area contributed by atoms with Gasteiger partial charge in [0.15, 0.2) is 0 Å². The van der Waals surface area contributed by atoms with E-state index in [1.807, 2.05) is 72.4 Å². The normalized spacial score (nSPS) is 13.1. The Morgan fingerprint density at radius 3 is 2.49 bits per heavy atom. The van der Waals surface area contributed by atoms with E-state index in [2.05, 4.69) is 14.3 Å². The van der Waals surface area contributed by atoms with Crippen LogP contribution >= 0.6 is 12.1 Å². The van der Waals surface area contributed by atoms with E-state index in [9.17, 15) is 9.59 Å². The van der Waals surface area contributed by atoms with Gasteiger partial charge in [-0.1, -0.05) is 25.1 Å². The molecule has 0 aliphatic carbocycles. The fourth-order valence-electron chi connectivity index (χ4n) is 3.71. The van der Waals surface area contributed by atoms with Crippen molar-refractivity contribution in [1.82, 2.24) is 14.0 Å². The Morgan fingerprint density at radius 2 is 1.80 bits per heavy atom. The molecule has 0 atom stereocenters. The molecular formula is C25H28N4O5S. The van der Waals surface area contributed by atoms with E-state index in [1.165, 1.54) is 7.11 Å². The molecule has 10 heteroatoms. The molecule has 1 aromatic heterocycles. The number of rotatable bonds is 10. The van der Waals surface area contributed by atoms with Crippen molar-refractivity contribution in [2.24, 2.45) is 0 Å². The molecule has 0 bridgehead atoms. The molecule has 2 aromatic carbocycles. The number of anilines is 1. The number of ether oxygens (including phenoxy) is 3. The predicted octanol–water partition coefficient (Wildman–Crippen LogP) is 3.93. The zero-order chi connectivity index (χ0) is 24.6. The van der Waals surface area contributed by atoms with Gasteiger partial charge in [0.05, 0.1) is 37.1 Å². The van der Waals surface area contributed by atoms with Crippen LogP contribution in [0.3, 0.4) is 0 Å². The van der Waals surface area contributed by atoms with Crippen molar-refractivity contribution < 1.29 is 23.8 Å². The first kappa shape index (κ1) is 24.5. The van der Waals surface area contributed by atoms with Gasteiger partial charge in [-0.25, -0.2) is 14.3 Å². The van der Waals surface area contributed by atoms with Crippen LogP contribution in [0.5, 0.6) is 5.75 Å². The van der Waals surface area contributed by atoms with E-state index in [-0.39, 0.29) is 18.7 Å². The summed E-state index contributed by atoms with van der Waals surface area (Å²) >= 11 is 1.09. The van der Waals surface area contributed by atoms with Crippen LogP contribution in [0.2, 0.25) is 0 Å². The molecule has 0 saturated carbocycles. The molecule has 1 amide bonds. The zero-order valence-electron chi connectivity index (χ0n) is 19.6. The number of carbonyl (C=O) groups excluding carboxylic acids is 2. The average molecular weight is 497 g/mol. The number of amides is 1. The second-order valence-electron chi connectivity index (χ2n) is 7.82. The highest BCUT2D eigenvalue weighted by Crippen LogP contribution is 2.33. The lowest BCUT2D eigenvalue weighted by atomic mass is 10.1. The lowest BCUT2D eigenvalue weighted by Gasteiger charge is -2.41. The molecule has 9 nitrogen and oxygen atoms in total. The zero-order valence-corrected chi connectivity index (χ0v) is 20.4. The third-order valence-corrected chi connectivity index (χ3v) is 6.12. The Morgan fingerprint density at radius 1 is 1.06 bits per heavy atom. The van der Waals surface area contributed by atoms with E-state index in [0.717, 1.165) is 41.4 Å². The van der Waals surface area contributed by atoms with Gasteiger partial charge in [0, 0.05) is 31.1 Å². The number of hydrogen-bond acceptors (Lipinski definition) is 8. The maximum atomic E-state index is 12.4. The lowest BCUT2D eigenvalue weighted by molar-refractivity contribution is 0.0600. The summed E-state index contributed by atoms with van der Waals surface area (Å²) in [6.45, 7) is 4.23. The molecule has 3 aromatic rings. The second-order valence-corrected chi connectivity index (χ2v) is 8.52. The largest absolute Gasteiger partial charge is 0.487 e. The Hall–Kier alpha value is -3.63. The van der Waals surface area contributed by atoms with Gasteiger partial charge >= 0.3 is 12.1 Å². The van der Waals surface area contributed by atoms with Crippen molar-refractivity contribution in [3.05, 3.63) is 78.1 Å². The SMILES string of the molecule is CCNSNC(=O)OCc1ccc(OC2CN(c3cccc(C(=O)OC)c3-n3cccc3)C2)cc1. The average Bonchev–Trinajstić information content (AvgIpc) is 3.39. The van der Waals surface area contributed by atoms with Gasteiger partial charge in [-0.2, -0.15) is 0 Å². The monoisotopic (exact) mass is 496 g/mol. The van der Waals surface area contributed by atoms with Gasteiger partial charge in [0.25, 0.3) is 0 Å². The number of benzene rings is 2. The van der Waals surface area contributed by atoms with E-state index >= 15 is 0 Å². The van der Waals surface area contributed by atoms with Crippen LogP contribution in [0.15, 0.2) is 67.0 Å². The summed E-state index contributed by atoms with van der Waals surface area (Å²) in [6, 6.07) is 17.0. The second kappa shape index (κ2) is 11.7. The van der Waals surface area contributed by atoms with Crippen LogP contribution in [-0.4, -0.2) is 49.5 Å². The molecule has 0 spiro atoms. The molecule has 4 rings (SSSR count). The minimum atomic E-state index is -0.499. The summed E-state index contributed by atoms with van der Waals surface area (Å²) in [4.78, 5) is 26.2. The fourth-order valence-corrected chi connectivity index (χ4v) is 4.07. The Labute approximate surface area is 208 Å². The van der Waals surface area contributed by atoms with Crippen molar-refractivity contribution in [3.8, 4) is 11.4 Å². The van der Waals surface area contributed by atoms with Gasteiger partial charge < -0.3 is 23.7 Å². The molecule has 1 aliphatic heterocycles. The first-order chi connectivity index (χ1) is 17.1. The number of nitrogens with one attached hydrogen (secondary N) is 2. The van der Waals surface area contributed by atoms with Gasteiger partial charge in [0.2, 0.25) is 0 Å². The molecule has 2 N–H and O–H groups in total.